The van der Waals surface area contributed by atoms with Gasteiger partial charge in [-0.05, 0) is 65.3 Å². The topological polar surface area (TPSA) is 45.9 Å². The van der Waals surface area contributed by atoms with E-state index >= 15 is 0 Å². The van der Waals surface area contributed by atoms with Gasteiger partial charge < -0.3 is 4.74 Å². The van der Waals surface area contributed by atoms with E-state index in [0.29, 0.717) is 11.5 Å². The molecular weight excluding hydrogens is 420 g/mol. The molecule has 0 spiro atoms. The van der Waals surface area contributed by atoms with E-state index in [9.17, 15) is 5.26 Å². The molecule has 0 radical (unpaired) electrons. The van der Waals surface area contributed by atoms with Crippen LogP contribution in [0.25, 0.3) is 11.1 Å². The normalized spacial score (nSPS) is 15.9. The first-order valence-corrected chi connectivity index (χ1v) is 12.5. The van der Waals surface area contributed by atoms with Gasteiger partial charge in [0.2, 0.25) is 0 Å². The standard InChI is InChI=1S/C26H28N2OS2/c1-26(2,3)18-10-11-23-21(14-18)24(17-7-5-8-19(13-17)29-4)22(15-27)25(28-23)31-16-20-9-6-12-30-20/h5-9,12-13,18H,10-11,14,16H2,1-4H3/t18-/m0/s1. The number of thioether (sulfide) groups is 1. The molecule has 1 atom stereocenters. The zero-order valence-electron chi connectivity index (χ0n) is 18.6. The highest BCUT2D eigenvalue weighted by Gasteiger charge is 2.32. The SMILES string of the molecule is COc1cccc(-c2c(C#N)c(SCc3cccs3)nc3c2C[C@@H](C(C)(C)C)CC3)c1. The van der Waals surface area contributed by atoms with Crippen molar-refractivity contribution in [1.29, 1.82) is 5.26 Å². The molecule has 160 valence electrons. The molecule has 5 heteroatoms. The predicted molar refractivity (Wildman–Crippen MR) is 130 cm³/mol. The van der Waals surface area contributed by atoms with Gasteiger partial charge in [0.25, 0.3) is 0 Å². The summed E-state index contributed by atoms with van der Waals surface area (Å²) in [4.78, 5) is 6.34. The summed E-state index contributed by atoms with van der Waals surface area (Å²) in [6.45, 7) is 6.95. The Balaban J connectivity index is 1.86. The molecule has 2 heterocycles. The van der Waals surface area contributed by atoms with Crippen LogP contribution in [0.1, 0.15) is 48.9 Å². The molecular formula is C26H28N2OS2. The fourth-order valence-electron chi connectivity index (χ4n) is 4.31. The first-order chi connectivity index (χ1) is 14.9. The third-order valence-electron chi connectivity index (χ3n) is 6.16. The van der Waals surface area contributed by atoms with Crippen molar-refractivity contribution in [2.75, 3.05) is 7.11 Å². The highest BCUT2D eigenvalue weighted by atomic mass is 32.2. The van der Waals surface area contributed by atoms with E-state index < -0.39 is 0 Å². The van der Waals surface area contributed by atoms with Crippen LogP contribution in [0.4, 0.5) is 0 Å². The smallest absolute Gasteiger partial charge is 0.119 e. The first kappa shape index (κ1) is 21.9. The fourth-order valence-corrected chi connectivity index (χ4v) is 6.09. The van der Waals surface area contributed by atoms with E-state index in [4.69, 9.17) is 9.72 Å². The van der Waals surface area contributed by atoms with Gasteiger partial charge in [0, 0.05) is 21.9 Å². The average Bonchev–Trinajstić information content (AvgIpc) is 3.29. The van der Waals surface area contributed by atoms with Crippen molar-refractivity contribution < 1.29 is 4.74 Å². The number of aromatic nitrogens is 1. The molecule has 0 fully saturated rings. The minimum Gasteiger partial charge on any atom is -0.497 e. The van der Waals surface area contributed by atoms with Gasteiger partial charge in [-0.2, -0.15) is 5.26 Å². The lowest BCUT2D eigenvalue weighted by Crippen LogP contribution is -2.28. The number of methoxy groups -OCH3 is 1. The van der Waals surface area contributed by atoms with Crippen LogP contribution in [0, 0.1) is 22.7 Å². The Bertz CT molecular complexity index is 1110. The van der Waals surface area contributed by atoms with Crippen molar-refractivity contribution in [3.8, 4) is 22.9 Å². The summed E-state index contributed by atoms with van der Waals surface area (Å²) in [5, 5.41) is 13.2. The molecule has 0 aliphatic heterocycles. The Morgan fingerprint density at radius 3 is 2.77 bits per heavy atom. The van der Waals surface area contributed by atoms with E-state index in [-0.39, 0.29) is 5.41 Å². The van der Waals surface area contributed by atoms with Gasteiger partial charge >= 0.3 is 0 Å². The number of fused-ring (bicyclic) bond motifs is 1. The Kier molecular flexibility index (Phi) is 6.41. The number of thiophene rings is 1. The molecule has 0 unspecified atom stereocenters. The number of hydrogen-bond donors (Lipinski definition) is 0. The highest BCUT2D eigenvalue weighted by molar-refractivity contribution is 7.98. The summed E-state index contributed by atoms with van der Waals surface area (Å²) in [5.74, 6) is 2.21. The monoisotopic (exact) mass is 448 g/mol. The number of pyridine rings is 1. The van der Waals surface area contributed by atoms with E-state index in [1.54, 1.807) is 30.2 Å². The molecule has 31 heavy (non-hydrogen) atoms. The number of nitrogens with zero attached hydrogens (tertiary/aromatic N) is 2. The van der Waals surface area contributed by atoms with Gasteiger partial charge in [0.15, 0.2) is 0 Å². The Morgan fingerprint density at radius 1 is 1.26 bits per heavy atom. The quantitative estimate of drug-likeness (QED) is 0.389. The molecule has 1 aromatic carbocycles. The van der Waals surface area contributed by atoms with Crippen molar-refractivity contribution in [3.05, 3.63) is 63.5 Å². The zero-order valence-corrected chi connectivity index (χ0v) is 20.2. The molecule has 0 saturated heterocycles. The van der Waals surface area contributed by atoms with Gasteiger partial charge in [-0.25, -0.2) is 4.98 Å². The van der Waals surface area contributed by atoms with Gasteiger partial charge in [-0.1, -0.05) is 50.7 Å². The first-order valence-electron chi connectivity index (χ1n) is 10.7. The van der Waals surface area contributed by atoms with Crippen LogP contribution in [0.2, 0.25) is 0 Å². The lowest BCUT2D eigenvalue weighted by Gasteiger charge is -2.36. The number of ether oxygens (including phenoxy) is 1. The van der Waals surface area contributed by atoms with Gasteiger partial charge in [-0.15, -0.1) is 11.3 Å². The molecule has 0 saturated carbocycles. The Morgan fingerprint density at radius 2 is 2.10 bits per heavy atom. The third-order valence-corrected chi connectivity index (χ3v) is 8.24. The summed E-state index contributed by atoms with van der Waals surface area (Å²) in [6, 6.07) is 14.8. The van der Waals surface area contributed by atoms with Crippen LogP contribution in [0.3, 0.4) is 0 Å². The van der Waals surface area contributed by atoms with E-state index in [2.05, 4.69) is 50.4 Å². The predicted octanol–water partition coefficient (Wildman–Crippen LogP) is 7.13. The minimum atomic E-state index is 0.225. The second kappa shape index (κ2) is 9.06. The van der Waals surface area contributed by atoms with Gasteiger partial charge in [-0.3, -0.25) is 0 Å². The zero-order chi connectivity index (χ0) is 22.0. The van der Waals surface area contributed by atoms with E-state index in [1.807, 2.05) is 18.2 Å². The number of hydrogen-bond acceptors (Lipinski definition) is 5. The van der Waals surface area contributed by atoms with Crippen molar-refractivity contribution in [2.24, 2.45) is 11.3 Å². The van der Waals surface area contributed by atoms with Crippen LogP contribution >= 0.6 is 23.1 Å². The van der Waals surface area contributed by atoms with Crippen LogP contribution < -0.4 is 4.74 Å². The maximum absolute atomic E-state index is 10.2. The lowest BCUT2D eigenvalue weighted by atomic mass is 9.70. The van der Waals surface area contributed by atoms with Crippen molar-refractivity contribution in [2.45, 2.75) is 50.8 Å². The summed E-state index contributed by atoms with van der Waals surface area (Å²) in [6.07, 6.45) is 3.07. The summed E-state index contributed by atoms with van der Waals surface area (Å²) >= 11 is 3.42. The Hall–Kier alpha value is -2.29. The summed E-state index contributed by atoms with van der Waals surface area (Å²) in [7, 11) is 1.68. The molecule has 4 rings (SSSR count). The molecule has 1 aliphatic carbocycles. The number of rotatable bonds is 5. The van der Waals surface area contributed by atoms with Crippen LogP contribution in [-0.4, -0.2) is 12.1 Å². The maximum Gasteiger partial charge on any atom is 0.119 e. The molecule has 3 nitrogen and oxygen atoms in total. The Labute approximate surface area is 193 Å². The van der Waals surface area contributed by atoms with Crippen molar-refractivity contribution >= 4 is 23.1 Å². The van der Waals surface area contributed by atoms with Crippen LogP contribution in [0.5, 0.6) is 5.75 Å². The maximum atomic E-state index is 10.2. The van der Waals surface area contributed by atoms with Gasteiger partial charge in [0.05, 0.1) is 12.7 Å². The number of nitriles is 1. The van der Waals surface area contributed by atoms with E-state index in [1.165, 1.54) is 10.4 Å². The van der Waals surface area contributed by atoms with Crippen LogP contribution in [0.15, 0.2) is 46.8 Å². The third kappa shape index (κ3) is 4.66. The van der Waals surface area contributed by atoms with Crippen molar-refractivity contribution in [3.63, 3.8) is 0 Å². The molecule has 0 N–H and O–H groups in total. The molecule has 0 amide bonds. The summed E-state index contributed by atoms with van der Waals surface area (Å²) in [5.41, 5.74) is 5.42. The highest BCUT2D eigenvalue weighted by Crippen LogP contribution is 2.44. The van der Waals surface area contributed by atoms with Crippen molar-refractivity contribution in [1.82, 2.24) is 4.98 Å². The second-order valence-corrected chi connectivity index (χ2v) is 11.1. The number of aryl methyl sites for hydroxylation is 1. The molecule has 1 aliphatic rings. The summed E-state index contributed by atoms with van der Waals surface area (Å²) < 4.78 is 5.49. The minimum absolute atomic E-state index is 0.225. The van der Waals surface area contributed by atoms with E-state index in [0.717, 1.165) is 52.6 Å². The van der Waals surface area contributed by atoms with Gasteiger partial charge in [0.1, 0.15) is 16.8 Å². The largest absolute Gasteiger partial charge is 0.497 e. The molecule has 3 aromatic rings. The average molecular weight is 449 g/mol. The lowest BCUT2D eigenvalue weighted by molar-refractivity contribution is 0.215. The molecule has 2 aromatic heterocycles. The second-order valence-electron chi connectivity index (χ2n) is 9.11. The fraction of sp³-hybridized carbons (Fsp3) is 0.385. The molecule has 0 bridgehead atoms. The number of benzene rings is 1. The van der Waals surface area contributed by atoms with Crippen LogP contribution in [-0.2, 0) is 18.6 Å².